The van der Waals surface area contributed by atoms with Gasteiger partial charge in [0.1, 0.15) is 0 Å². The average molecular weight is 194 g/mol. The van der Waals surface area contributed by atoms with Crippen molar-refractivity contribution in [2.45, 2.75) is 38.8 Å². The van der Waals surface area contributed by atoms with Crippen LogP contribution in [0, 0.1) is 18.3 Å². The number of carbonyl (C=O) groups excluding carboxylic acids is 1. The van der Waals surface area contributed by atoms with E-state index in [9.17, 15) is 4.79 Å². The van der Waals surface area contributed by atoms with Gasteiger partial charge in [-0.1, -0.05) is 12.8 Å². The van der Waals surface area contributed by atoms with Gasteiger partial charge in [-0.2, -0.15) is 0 Å². The summed E-state index contributed by atoms with van der Waals surface area (Å²) < 4.78 is 0. The molecule has 0 aromatic carbocycles. The second-order valence-corrected chi connectivity index (χ2v) is 4.46. The highest BCUT2D eigenvalue weighted by atomic mass is 16.2. The molecule has 0 aliphatic carbocycles. The fourth-order valence-corrected chi connectivity index (χ4v) is 1.61. The first-order chi connectivity index (χ1) is 6.46. The molecular weight excluding hydrogens is 176 g/mol. The lowest BCUT2D eigenvalue weighted by Gasteiger charge is -2.23. The Morgan fingerprint density at radius 3 is 2.71 bits per heavy atom. The molecule has 78 valence electrons. The summed E-state index contributed by atoms with van der Waals surface area (Å²) in [7, 11) is 0. The number of rotatable bonds is 2. The van der Waals surface area contributed by atoms with Crippen LogP contribution in [0.3, 0.4) is 0 Å². The highest BCUT2D eigenvalue weighted by Crippen LogP contribution is 2.15. The van der Waals surface area contributed by atoms with E-state index in [4.69, 9.17) is 6.42 Å². The predicted molar refractivity (Wildman–Crippen MR) is 56.6 cm³/mol. The molecule has 14 heavy (non-hydrogen) atoms. The monoisotopic (exact) mass is 194 g/mol. The van der Waals surface area contributed by atoms with Gasteiger partial charge in [-0.3, -0.25) is 4.79 Å². The molecule has 1 fully saturated rings. The Hall–Kier alpha value is -1.01. The molecule has 3 heteroatoms. The van der Waals surface area contributed by atoms with Gasteiger partial charge in [-0.25, -0.2) is 0 Å². The zero-order chi connectivity index (χ0) is 10.8. The van der Waals surface area contributed by atoms with Gasteiger partial charge < -0.3 is 10.6 Å². The number of nitrogens with one attached hydrogen (secondary N) is 2. The third-order valence-electron chi connectivity index (χ3n) is 2.61. The normalized spacial score (nSPS) is 27.0. The van der Waals surface area contributed by atoms with Crippen molar-refractivity contribution < 1.29 is 4.79 Å². The van der Waals surface area contributed by atoms with Crippen LogP contribution in [0.5, 0.6) is 0 Å². The van der Waals surface area contributed by atoms with E-state index in [1.165, 1.54) is 0 Å². The molecule has 0 aromatic rings. The summed E-state index contributed by atoms with van der Waals surface area (Å²) in [6.45, 7) is 6.64. The van der Waals surface area contributed by atoms with Gasteiger partial charge in [-0.15, -0.1) is 6.42 Å². The smallest absolute Gasteiger partial charge is 0.238 e. The fraction of sp³-hybridized carbons (Fsp3) is 0.727. The summed E-state index contributed by atoms with van der Waals surface area (Å²) in [5.74, 6) is 2.95. The zero-order valence-electron chi connectivity index (χ0n) is 9.05. The van der Waals surface area contributed by atoms with Crippen LogP contribution in [-0.4, -0.2) is 24.0 Å². The second-order valence-electron chi connectivity index (χ2n) is 4.46. The third-order valence-corrected chi connectivity index (χ3v) is 2.61. The first kappa shape index (κ1) is 11.1. The Bertz CT molecular complexity index is 265. The summed E-state index contributed by atoms with van der Waals surface area (Å²) in [6, 6.07) is -0.0809. The van der Waals surface area contributed by atoms with Crippen LogP contribution >= 0.6 is 0 Å². The number of carbonyl (C=O) groups is 1. The van der Waals surface area contributed by atoms with E-state index in [-0.39, 0.29) is 11.9 Å². The summed E-state index contributed by atoms with van der Waals surface area (Å²) in [4.78, 5) is 11.8. The van der Waals surface area contributed by atoms with Crippen molar-refractivity contribution in [3.63, 3.8) is 0 Å². The maximum Gasteiger partial charge on any atom is 0.238 e. The number of terminal acetylenes is 1. The van der Waals surface area contributed by atoms with Crippen LogP contribution in [0.15, 0.2) is 0 Å². The summed E-state index contributed by atoms with van der Waals surface area (Å²) in [5.41, 5.74) is -0.554. The van der Waals surface area contributed by atoms with Crippen LogP contribution in [0.4, 0.5) is 0 Å². The third kappa shape index (κ3) is 2.49. The van der Waals surface area contributed by atoms with Gasteiger partial charge in [0.15, 0.2) is 0 Å². The van der Waals surface area contributed by atoms with E-state index in [2.05, 4.69) is 23.5 Å². The van der Waals surface area contributed by atoms with Gasteiger partial charge in [0, 0.05) is 0 Å². The molecule has 1 aliphatic rings. The molecule has 2 unspecified atom stereocenters. The lowest BCUT2D eigenvalue weighted by atomic mass is 10.0. The van der Waals surface area contributed by atoms with Crippen LogP contribution < -0.4 is 10.6 Å². The first-order valence-corrected chi connectivity index (χ1v) is 4.99. The molecule has 1 aliphatic heterocycles. The van der Waals surface area contributed by atoms with Crippen molar-refractivity contribution in [2.75, 3.05) is 6.54 Å². The molecule has 2 atom stereocenters. The lowest BCUT2D eigenvalue weighted by Crippen LogP contribution is -2.51. The Balaban J connectivity index is 2.55. The van der Waals surface area contributed by atoms with Gasteiger partial charge in [0.2, 0.25) is 5.91 Å². The minimum atomic E-state index is -0.554. The van der Waals surface area contributed by atoms with Gasteiger partial charge >= 0.3 is 0 Å². The Morgan fingerprint density at radius 2 is 2.29 bits per heavy atom. The fourth-order valence-electron chi connectivity index (χ4n) is 1.61. The molecule has 2 N–H and O–H groups in total. The highest BCUT2D eigenvalue weighted by Gasteiger charge is 2.31. The SMILES string of the molecule is C#CC(C)(C)NC(=O)C1NCCC1C. The standard InChI is InChI=1S/C11H18N2O/c1-5-11(3,4)13-10(14)9-8(2)6-7-12-9/h1,8-9,12H,6-7H2,2-4H3,(H,13,14). The first-order valence-electron chi connectivity index (χ1n) is 4.99. The molecular formula is C11H18N2O. The molecule has 0 spiro atoms. The maximum absolute atomic E-state index is 11.8. The maximum atomic E-state index is 11.8. The predicted octanol–water partition coefficient (Wildman–Crippen LogP) is 0.512. The van der Waals surface area contributed by atoms with E-state index in [1.54, 1.807) is 0 Å². The van der Waals surface area contributed by atoms with Crippen molar-refractivity contribution in [1.82, 2.24) is 10.6 Å². The minimum absolute atomic E-state index is 0.0120. The Kier molecular flexibility index (Phi) is 3.17. The molecule has 3 nitrogen and oxygen atoms in total. The van der Waals surface area contributed by atoms with Gasteiger partial charge in [-0.05, 0) is 32.7 Å². The van der Waals surface area contributed by atoms with Crippen LogP contribution in [0.2, 0.25) is 0 Å². The van der Waals surface area contributed by atoms with E-state index in [1.807, 2.05) is 13.8 Å². The summed E-state index contributed by atoms with van der Waals surface area (Å²) >= 11 is 0. The number of hydrogen-bond acceptors (Lipinski definition) is 2. The van der Waals surface area contributed by atoms with E-state index >= 15 is 0 Å². The molecule has 0 bridgehead atoms. The number of amides is 1. The average Bonchev–Trinajstić information content (AvgIpc) is 2.51. The van der Waals surface area contributed by atoms with Gasteiger partial charge in [0.05, 0.1) is 11.6 Å². The molecule has 1 rings (SSSR count). The Morgan fingerprint density at radius 1 is 1.64 bits per heavy atom. The molecule has 0 aromatic heterocycles. The molecule has 1 saturated heterocycles. The lowest BCUT2D eigenvalue weighted by molar-refractivity contribution is -0.124. The quantitative estimate of drug-likeness (QED) is 0.629. The molecule has 1 amide bonds. The van der Waals surface area contributed by atoms with Crippen molar-refractivity contribution in [3.05, 3.63) is 0 Å². The zero-order valence-corrected chi connectivity index (χ0v) is 9.05. The van der Waals surface area contributed by atoms with Crippen LogP contribution in [0.25, 0.3) is 0 Å². The second kappa shape index (κ2) is 4.02. The largest absolute Gasteiger partial charge is 0.339 e. The number of hydrogen-bond donors (Lipinski definition) is 2. The van der Waals surface area contributed by atoms with Crippen LogP contribution in [-0.2, 0) is 4.79 Å². The van der Waals surface area contributed by atoms with Crippen molar-refractivity contribution in [3.8, 4) is 12.3 Å². The molecule has 0 saturated carbocycles. The van der Waals surface area contributed by atoms with E-state index in [0.29, 0.717) is 5.92 Å². The Labute approximate surface area is 85.6 Å². The highest BCUT2D eigenvalue weighted by molar-refractivity contribution is 5.83. The molecule has 0 radical (unpaired) electrons. The van der Waals surface area contributed by atoms with Crippen LogP contribution in [0.1, 0.15) is 27.2 Å². The minimum Gasteiger partial charge on any atom is -0.339 e. The topological polar surface area (TPSA) is 41.1 Å². The van der Waals surface area contributed by atoms with Crippen molar-refractivity contribution in [1.29, 1.82) is 0 Å². The van der Waals surface area contributed by atoms with E-state index in [0.717, 1.165) is 13.0 Å². The van der Waals surface area contributed by atoms with Gasteiger partial charge in [0.25, 0.3) is 0 Å². The summed E-state index contributed by atoms with van der Waals surface area (Å²) in [6.07, 6.45) is 6.35. The molecule has 1 heterocycles. The van der Waals surface area contributed by atoms with E-state index < -0.39 is 5.54 Å². The van der Waals surface area contributed by atoms with Crippen molar-refractivity contribution in [2.24, 2.45) is 5.92 Å². The summed E-state index contributed by atoms with van der Waals surface area (Å²) in [5, 5.41) is 6.01. The van der Waals surface area contributed by atoms with Crippen molar-refractivity contribution >= 4 is 5.91 Å².